The lowest BCUT2D eigenvalue weighted by Crippen LogP contribution is -2.34. The Hall–Kier alpha value is -3.56. The van der Waals surface area contributed by atoms with Crippen LogP contribution in [0.15, 0.2) is 47.3 Å². The fourth-order valence-electron chi connectivity index (χ4n) is 4.55. The van der Waals surface area contributed by atoms with E-state index in [1.165, 1.54) is 5.56 Å². The lowest BCUT2D eigenvalue weighted by Gasteiger charge is -2.30. The van der Waals surface area contributed by atoms with Gasteiger partial charge in [-0.25, -0.2) is 4.68 Å². The molecule has 2 N–H and O–H groups in total. The van der Waals surface area contributed by atoms with E-state index in [2.05, 4.69) is 45.3 Å². The maximum Gasteiger partial charge on any atom is 0.252 e. The summed E-state index contributed by atoms with van der Waals surface area (Å²) < 4.78 is 7.06. The minimum absolute atomic E-state index is 0.0657. The first-order chi connectivity index (χ1) is 17.4. The fraction of sp³-hybridized carbons (Fsp3) is 0.407. The van der Waals surface area contributed by atoms with Gasteiger partial charge in [-0.3, -0.25) is 9.69 Å². The van der Waals surface area contributed by atoms with Crippen molar-refractivity contribution >= 4 is 10.9 Å². The lowest BCUT2D eigenvalue weighted by molar-refractivity contribution is 0.152. The smallest absolute Gasteiger partial charge is 0.252 e. The summed E-state index contributed by atoms with van der Waals surface area (Å²) in [5, 5.41) is 23.1. The number of hydrogen-bond acceptors (Lipinski definition) is 7. The van der Waals surface area contributed by atoms with E-state index in [4.69, 9.17) is 4.74 Å². The van der Waals surface area contributed by atoms with Gasteiger partial charge in [-0.1, -0.05) is 19.1 Å². The van der Waals surface area contributed by atoms with Crippen LogP contribution in [0.4, 0.5) is 0 Å². The highest BCUT2D eigenvalue weighted by Gasteiger charge is 2.25. The minimum Gasteiger partial charge on any atom is -0.497 e. The van der Waals surface area contributed by atoms with E-state index in [1.54, 1.807) is 11.8 Å². The number of fused-ring (bicyclic) bond motifs is 1. The highest BCUT2D eigenvalue weighted by Crippen LogP contribution is 2.26. The van der Waals surface area contributed by atoms with Crippen LogP contribution in [0.1, 0.15) is 53.9 Å². The Kier molecular flexibility index (Phi) is 8.12. The zero-order valence-corrected chi connectivity index (χ0v) is 21.4. The van der Waals surface area contributed by atoms with Gasteiger partial charge in [-0.05, 0) is 89.5 Å². The van der Waals surface area contributed by atoms with Gasteiger partial charge >= 0.3 is 0 Å². The van der Waals surface area contributed by atoms with Crippen molar-refractivity contribution in [1.82, 2.24) is 30.1 Å². The summed E-state index contributed by atoms with van der Waals surface area (Å²) in [7, 11) is 1.64. The number of aromatic nitrogens is 5. The molecule has 1 atom stereocenters. The molecule has 0 aliphatic heterocycles. The first-order valence-corrected chi connectivity index (χ1v) is 12.3. The zero-order chi connectivity index (χ0) is 25.7. The number of benzene rings is 2. The van der Waals surface area contributed by atoms with Crippen LogP contribution in [0.2, 0.25) is 0 Å². The zero-order valence-electron chi connectivity index (χ0n) is 21.4. The van der Waals surface area contributed by atoms with Gasteiger partial charge in [0.25, 0.3) is 5.56 Å². The molecule has 9 nitrogen and oxygen atoms in total. The van der Waals surface area contributed by atoms with E-state index in [1.807, 2.05) is 43.3 Å². The summed E-state index contributed by atoms with van der Waals surface area (Å²) in [5.41, 5.74) is 4.79. The highest BCUT2D eigenvalue weighted by atomic mass is 16.5. The second-order valence-electron chi connectivity index (χ2n) is 9.16. The molecule has 0 amide bonds. The molecule has 36 heavy (non-hydrogen) atoms. The predicted octanol–water partition coefficient (Wildman–Crippen LogP) is 3.52. The number of aliphatic hydroxyl groups is 1. The van der Waals surface area contributed by atoms with Crippen molar-refractivity contribution in [2.24, 2.45) is 0 Å². The lowest BCUT2D eigenvalue weighted by atomic mass is 10.0. The number of tetrazole rings is 1. The largest absolute Gasteiger partial charge is 0.497 e. The van der Waals surface area contributed by atoms with Crippen LogP contribution in [0.5, 0.6) is 5.75 Å². The van der Waals surface area contributed by atoms with Crippen LogP contribution >= 0.6 is 0 Å². The summed E-state index contributed by atoms with van der Waals surface area (Å²) in [6, 6.07) is 13.8. The van der Waals surface area contributed by atoms with Gasteiger partial charge in [-0.2, -0.15) is 0 Å². The fourth-order valence-corrected chi connectivity index (χ4v) is 4.55. The van der Waals surface area contributed by atoms with Crippen LogP contribution < -0.4 is 10.3 Å². The normalized spacial score (nSPS) is 12.4. The Morgan fingerprint density at radius 1 is 1.14 bits per heavy atom. The second kappa shape index (κ2) is 11.5. The molecule has 9 heteroatoms. The number of H-pyrrole nitrogens is 1. The van der Waals surface area contributed by atoms with Crippen LogP contribution in [0.25, 0.3) is 10.9 Å². The molecule has 2 aromatic carbocycles. The Morgan fingerprint density at radius 2 is 1.89 bits per heavy atom. The van der Waals surface area contributed by atoms with Crippen molar-refractivity contribution in [2.45, 2.75) is 52.7 Å². The first-order valence-electron chi connectivity index (χ1n) is 12.3. The molecule has 0 fully saturated rings. The topological polar surface area (TPSA) is 109 Å². The van der Waals surface area contributed by atoms with Crippen molar-refractivity contribution in [3.05, 3.63) is 80.9 Å². The molecule has 4 rings (SSSR count). The molecule has 190 valence electrons. The molecule has 0 spiro atoms. The third kappa shape index (κ3) is 5.63. The number of hydrogen-bond donors (Lipinski definition) is 2. The SMILES string of the molecule is CCC(c1nnnn1Cc1ccc(OC)cc1)N(CCCO)Cc1cc2cc(C)c(C)cc2[nH]c1=O. The number of ether oxygens (including phenoxy) is 1. The van der Waals surface area contributed by atoms with Crippen LogP contribution in [-0.2, 0) is 13.1 Å². The molecule has 1 unspecified atom stereocenters. The number of aliphatic hydroxyl groups excluding tert-OH is 1. The number of pyridine rings is 1. The Bertz CT molecular complexity index is 1360. The average molecular weight is 491 g/mol. The van der Waals surface area contributed by atoms with E-state index in [0.29, 0.717) is 31.6 Å². The number of nitrogens with zero attached hydrogens (tertiary/aromatic N) is 5. The van der Waals surface area contributed by atoms with Gasteiger partial charge in [0.1, 0.15) is 5.75 Å². The molecule has 0 bridgehead atoms. The molecule has 2 heterocycles. The summed E-state index contributed by atoms with van der Waals surface area (Å²) >= 11 is 0. The molecule has 0 saturated heterocycles. The van der Waals surface area contributed by atoms with Crippen molar-refractivity contribution < 1.29 is 9.84 Å². The van der Waals surface area contributed by atoms with Crippen molar-refractivity contribution in [2.75, 3.05) is 20.3 Å². The summed E-state index contributed by atoms with van der Waals surface area (Å²) in [5.74, 6) is 1.53. The maximum atomic E-state index is 13.0. The Labute approximate surface area is 210 Å². The predicted molar refractivity (Wildman–Crippen MR) is 139 cm³/mol. The van der Waals surface area contributed by atoms with Gasteiger partial charge < -0.3 is 14.8 Å². The van der Waals surface area contributed by atoms with Crippen molar-refractivity contribution in [3.63, 3.8) is 0 Å². The van der Waals surface area contributed by atoms with Gasteiger partial charge in [0.2, 0.25) is 0 Å². The monoisotopic (exact) mass is 490 g/mol. The Balaban J connectivity index is 1.64. The van der Waals surface area contributed by atoms with Gasteiger partial charge in [0, 0.05) is 30.8 Å². The maximum absolute atomic E-state index is 13.0. The average Bonchev–Trinajstić information content (AvgIpc) is 3.32. The second-order valence-corrected chi connectivity index (χ2v) is 9.16. The van der Waals surface area contributed by atoms with Crippen molar-refractivity contribution in [1.29, 1.82) is 0 Å². The number of nitrogens with one attached hydrogen (secondary N) is 1. The highest BCUT2D eigenvalue weighted by molar-refractivity contribution is 5.80. The summed E-state index contributed by atoms with van der Waals surface area (Å²) in [6.07, 6.45) is 1.33. The van der Waals surface area contributed by atoms with Crippen LogP contribution in [0.3, 0.4) is 0 Å². The molecular formula is C27H34N6O3. The van der Waals surface area contributed by atoms with E-state index < -0.39 is 0 Å². The molecule has 0 saturated carbocycles. The molecule has 2 aromatic heterocycles. The third-order valence-corrected chi connectivity index (χ3v) is 6.69. The summed E-state index contributed by atoms with van der Waals surface area (Å²) in [4.78, 5) is 18.2. The minimum atomic E-state index is -0.125. The van der Waals surface area contributed by atoms with E-state index in [-0.39, 0.29) is 18.2 Å². The molecule has 4 aromatic rings. The standard InChI is InChI=1S/C27H34N6O3/c1-5-25(26-29-30-31-33(26)16-20-7-9-23(36-4)10-8-20)32(11-6-12-34)17-22-15-21-13-18(2)19(3)14-24(21)28-27(22)35/h7-10,13-15,25,34H,5-6,11-12,16-17H2,1-4H3,(H,28,35). The molecule has 0 aliphatic carbocycles. The number of rotatable bonds is 11. The van der Waals surface area contributed by atoms with Crippen molar-refractivity contribution in [3.8, 4) is 5.75 Å². The van der Waals surface area contributed by atoms with E-state index >= 15 is 0 Å². The van der Waals surface area contributed by atoms with Gasteiger partial charge in [0.15, 0.2) is 5.82 Å². The molecule has 0 aliphatic rings. The van der Waals surface area contributed by atoms with Crippen LogP contribution in [0, 0.1) is 13.8 Å². The van der Waals surface area contributed by atoms with E-state index in [9.17, 15) is 9.90 Å². The van der Waals surface area contributed by atoms with Crippen LogP contribution in [-0.4, -0.2) is 55.5 Å². The van der Waals surface area contributed by atoms with E-state index in [0.717, 1.165) is 40.0 Å². The quantitative estimate of drug-likeness (QED) is 0.331. The number of aryl methyl sites for hydroxylation is 2. The molecule has 0 radical (unpaired) electrons. The molecular weight excluding hydrogens is 456 g/mol. The van der Waals surface area contributed by atoms with Gasteiger partial charge in [-0.15, -0.1) is 5.10 Å². The Morgan fingerprint density at radius 3 is 2.58 bits per heavy atom. The summed E-state index contributed by atoms with van der Waals surface area (Å²) in [6.45, 7) is 7.81. The van der Waals surface area contributed by atoms with Gasteiger partial charge in [0.05, 0.1) is 19.7 Å². The number of aromatic amines is 1. The number of methoxy groups -OCH3 is 1. The third-order valence-electron chi connectivity index (χ3n) is 6.69. The first kappa shape index (κ1) is 25.5.